The third kappa shape index (κ3) is 2.84. The molecular formula is C18H23N3O2. The first-order valence-corrected chi connectivity index (χ1v) is 7.80. The van der Waals surface area contributed by atoms with Crippen LogP contribution in [0.15, 0.2) is 28.7 Å². The summed E-state index contributed by atoms with van der Waals surface area (Å²) in [4.78, 5) is 4.64. The Labute approximate surface area is 136 Å². The molecule has 1 unspecified atom stereocenters. The van der Waals surface area contributed by atoms with Crippen molar-refractivity contribution in [2.75, 3.05) is 7.11 Å². The standard InChI is InChI=1S/C18H23N3O2/c1-11(17-12(2)21(4)13(3)20-17)19-10-15-9-14-7-6-8-16(22-5)18(14)23-15/h6-9,11,19H,10H2,1-5H3. The molecule has 0 saturated heterocycles. The highest BCUT2D eigenvalue weighted by Crippen LogP contribution is 2.28. The van der Waals surface area contributed by atoms with E-state index >= 15 is 0 Å². The molecule has 2 heterocycles. The molecule has 0 spiro atoms. The van der Waals surface area contributed by atoms with Crippen LogP contribution < -0.4 is 10.1 Å². The van der Waals surface area contributed by atoms with Gasteiger partial charge in [-0.2, -0.15) is 0 Å². The molecule has 0 fully saturated rings. The quantitative estimate of drug-likeness (QED) is 0.781. The second-order valence-corrected chi connectivity index (χ2v) is 5.88. The lowest BCUT2D eigenvalue weighted by molar-refractivity contribution is 0.404. The van der Waals surface area contributed by atoms with Crippen LogP contribution in [0.3, 0.4) is 0 Å². The summed E-state index contributed by atoms with van der Waals surface area (Å²) in [6, 6.07) is 8.11. The first kappa shape index (κ1) is 15.6. The number of para-hydroxylation sites is 1. The number of fused-ring (bicyclic) bond motifs is 1. The molecule has 1 atom stereocenters. The number of aryl methyl sites for hydroxylation is 1. The van der Waals surface area contributed by atoms with Crippen LogP contribution in [-0.4, -0.2) is 16.7 Å². The van der Waals surface area contributed by atoms with Crippen LogP contribution in [0.2, 0.25) is 0 Å². The van der Waals surface area contributed by atoms with Gasteiger partial charge in [-0.3, -0.25) is 0 Å². The van der Waals surface area contributed by atoms with Crippen LogP contribution in [0.5, 0.6) is 5.75 Å². The van der Waals surface area contributed by atoms with Crippen molar-refractivity contribution in [2.45, 2.75) is 33.4 Å². The highest BCUT2D eigenvalue weighted by atomic mass is 16.5. The van der Waals surface area contributed by atoms with Crippen LogP contribution in [0.4, 0.5) is 0 Å². The van der Waals surface area contributed by atoms with Crippen molar-refractivity contribution >= 4 is 11.0 Å². The van der Waals surface area contributed by atoms with Crippen LogP contribution in [-0.2, 0) is 13.6 Å². The van der Waals surface area contributed by atoms with Crippen molar-refractivity contribution in [3.05, 3.63) is 47.2 Å². The average molecular weight is 313 g/mol. The maximum Gasteiger partial charge on any atom is 0.176 e. The van der Waals surface area contributed by atoms with Gasteiger partial charge in [0, 0.05) is 24.2 Å². The first-order chi connectivity index (χ1) is 11.0. The number of rotatable bonds is 5. The van der Waals surface area contributed by atoms with Crippen molar-refractivity contribution in [2.24, 2.45) is 7.05 Å². The first-order valence-electron chi connectivity index (χ1n) is 7.80. The fourth-order valence-corrected chi connectivity index (χ4v) is 2.84. The van der Waals surface area contributed by atoms with E-state index in [1.54, 1.807) is 7.11 Å². The number of methoxy groups -OCH3 is 1. The minimum atomic E-state index is 0.157. The lowest BCUT2D eigenvalue weighted by Crippen LogP contribution is -2.19. The number of benzene rings is 1. The van der Waals surface area contributed by atoms with Gasteiger partial charge in [-0.1, -0.05) is 12.1 Å². The smallest absolute Gasteiger partial charge is 0.176 e. The number of furan rings is 1. The SMILES string of the molecule is COc1cccc2cc(CNC(C)c3nc(C)n(C)c3C)oc12. The number of hydrogen-bond donors (Lipinski definition) is 1. The number of imidazole rings is 1. The number of ether oxygens (including phenoxy) is 1. The van der Waals surface area contributed by atoms with Gasteiger partial charge >= 0.3 is 0 Å². The average Bonchev–Trinajstić information content (AvgIpc) is 3.08. The van der Waals surface area contributed by atoms with Crippen molar-refractivity contribution in [1.29, 1.82) is 0 Å². The van der Waals surface area contributed by atoms with Crippen LogP contribution >= 0.6 is 0 Å². The van der Waals surface area contributed by atoms with E-state index in [-0.39, 0.29) is 6.04 Å². The fourth-order valence-electron chi connectivity index (χ4n) is 2.84. The van der Waals surface area contributed by atoms with E-state index in [2.05, 4.69) is 28.7 Å². The molecule has 0 bridgehead atoms. The Morgan fingerprint density at radius 3 is 2.78 bits per heavy atom. The topological polar surface area (TPSA) is 52.2 Å². The molecule has 0 aliphatic carbocycles. The molecule has 2 aromatic heterocycles. The van der Waals surface area contributed by atoms with Gasteiger partial charge in [0.15, 0.2) is 11.3 Å². The molecule has 3 rings (SSSR count). The molecule has 23 heavy (non-hydrogen) atoms. The van der Waals surface area contributed by atoms with E-state index in [0.29, 0.717) is 6.54 Å². The van der Waals surface area contributed by atoms with Gasteiger partial charge in [0.05, 0.1) is 19.3 Å². The second kappa shape index (κ2) is 6.08. The molecule has 0 saturated carbocycles. The van der Waals surface area contributed by atoms with Gasteiger partial charge in [0.2, 0.25) is 0 Å². The Morgan fingerprint density at radius 1 is 1.35 bits per heavy atom. The van der Waals surface area contributed by atoms with Gasteiger partial charge in [-0.15, -0.1) is 0 Å². The number of aromatic nitrogens is 2. The summed E-state index contributed by atoms with van der Waals surface area (Å²) in [7, 11) is 3.70. The molecule has 1 aromatic carbocycles. The van der Waals surface area contributed by atoms with Gasteiger partial charge in [0.1, 0.15) is 11.6 Å². The summed E-state index contributed by atoms with van der Waals surface area (Å²) in [6.07, 6.45) is 0. The molecule has 0 radical (unpaired) electrons. The second-order valence-electron chi connectivity index (χ2n) is 5.88. The van der Waals surface area contributed by atoms with E-state index in [4.69, 9.17) is 9.15 Å². The third-order valence-corrected chi connectivity index (χ3v) is 4.41. The van der Waals surface area contributed by atoms with Crippen molar-refractivity contribution in [3.8, 4) is 5.75 Å². The normalized spacial score (nSPS) is 12.7. The maximum atomic E-state index is 5.92. The summed E-state index contributed by atoms with van der Waals surface area (Å²) in [5, 5.41) is 4.54. The summed E-state index contributed by atoms with van der Waals surface area (Å²) >= 11 is 0. The highest BCUT2D eigenvalue weighted by Gasteiger charge is 2.15. The Morgan fingerprint density at radius 2 is 2.13 bits per heavy atom. The summed E-state index contributed by atoms with van der Waals surface area (Å²) < 4.78 is 13.4. The summed E-state index contributed by atoms with van der Waals surface area (Å²) in [5.74, 6) is 2.68. The van der Waals surface area contributed by atoms with Crippen LogP contribution in [0.1, 0.15) is 35.9 Å². The Bertz CT molecular complexity index is 832. The zero-order valence-corrected chi connectivity index (χ0v) is 14.3. The number of nitrogens with one attached hydrogen (secondary N) is 1. The molecule has 1 N–H and O–H groups in total. The molecule has 0 aliphatic heterocycles. The lowest BCUT2D eigenvalue weighted by atomic mass is 10.2. The molecule has 0 amide bonds. The Kier molecular flexibility index (Phi) is 4.13. The Balaban J connectivity index is 1.76. The van der Waals surface area contributed by atoms with E-state index in [9.17, 15) is 0 Å². The lowest BCUT2D eigenvalue weighted by Gasteiger charge is -2.11. The number of hydrogen-bond acceptors (Lipinski definition) is 4. The van der Waals surface area contributed by atoms with E-state index < -0.39 is 0 Å². The third-order valence-electron chi connectivity index (χ3n) is 4.41. The largest absolute Gasteiger partial charge is 0.493 e. The molecule has 122 valence electrons. The van der Waals surface area contributed by atoms with Crippen LogP contribution in [0, 0.1) is 13.8 Å². The predicted octanol–water partition coefficient (Wildman–Crippen LogP) is 3.64. The molecule has 0 aliphatic rings. The van der Waals surface area contributed by atoms with Crippen LogP contribution in [0.25, 0.3) is 11.0 Å². The molecular weight excluding hydrogens is 290 g/mol. The zero-order valence-electron chi connectivity index (χ0n) is 14.3. The molecule has 5 nitrogen and oxygen atoms in total. The molecule has 3 aromatic rings. The van der Waals surface area contributed by atoms with Crippen molar-refractivity contribution < 1.29 is 9.15 Å². The van der Waals surface area contributed by atoms with E-state index in [1.807, 2.05) is 38.2 Å². The van der Waals surface area contributed by atoms with Gasteiger partial charge in [-0.25, -0.2) is 4.98 Å². The predicted molar refractivity (Wildman–Crippen MR) is 90.7 cm³/mol. The minimum absolute atomic E-state index is 0.157. The van der Waals surface area contributed by atoms with E-state index in [0.717, 1.165) is 34.0 Å². The molecule has 5 heteroatoms. The van der Waals surface area contributed by atoms with Crippen molar-refractivity contribution in [3.63, 3.8) is 0 Å². The van der Waals surface area contributed by atoms with Crippen molar-refractivity contribution in [1.82, 2.24) is 14.9 Å². The monoisotopic (exact) mass is 313 g/mol. The van der Waals surface area contributed by atoms with Gasteiger partial charge in [-0.05, 0) is 32.9 Å². The highest BCUT2D eigenvalue weighted by molar-refractivity contribution is 5.83. The van der Waals surface area contributed by atoms with Gasteiger partial charge < -0.3 is 19.0 Å². The maximum absolute atomic E-state index is 5.92. The van der Waals surface area contributed by atoms with Gasteiger partial charge in [0.25, 0.3) is 0 Å². The zero-order chi connectivity index (χ0) is 16.6. The van der Waals surface area contributed by atoms with E-state index in [1.165, 1.54) is 5.69 Å². The summed E-state index contributed by atoms with van der Waals surface area (Å²) in [6.45, 7) is 6.89. The Hall–Kier alpha value is -2.27. The fraction of sp³-hybridized carbons (Fsp3) is 0.389. The minimum Gasteiger partial charge on any atom is -0.493 e. The summed E-state index contributed by atoms with van der Waals surface area (Å²) in [5.41, 5.74) is 3.07. The number of nitrogens with zero attached hydrogens (tertiary/aromatic N) is 2.